The number of methoxy groups -OCH3 is 1. The van der Waals surface area contributed by atoms with Gasteiger partial charge in [0.2, 0.25) is 0 Å². The molecule has 3 aromatic rings. The first kappa shape index (κ1) is 18.7. The molecule has 0 bridgehead atoms. The normalized spacial score (nSPS) is 16.9. The third kappa shape index (κ3) is 3.67. The molecule has 28 heavy (non-hydrogen) atoms. The number of Topliss-reactive ketones (excluding diaryl/α,β-unsaturated/α-hetero) is 1. The van der Waals surface area contributed by atoms with Crippen LogP contribution in [0.3, 0.4) is 0 Å². The Labute approximate surface area is 166 Å². The van der Waals surface area contributed by atoms with Crippen LogP contribution in [-0.4, -0.2) is 32.9 Å². The summed E-state index contributed by atoms with van der Waals surface area (Å²) in [7, 11) is 1.60. The minimum atomic E-state index is -0.367. The summed E-state index contributed by atoms with van der Waals surface area (Å²) in [6.07, 6.45) is 3.36. The van der Waals surface area contributed by atoms with E-state index in [0.29, 0.717) is 23.1 Å². The Morgan fingerprint density at radius 3 is 2.61 bits per heavy atom. The summed E-state index contributed by atoms with van der Waals surface area (Å²) in [6.45, 7) is 0. The van der Waals surface area contributed by atoms with Crippen LogP contribution in [0.2, 0.25) is 0 Å². The number of thioether (sulfide) groups is 1. The Morgan fingerprint density at radius 1 is 1.11 bits per heavy atom. The molecular weight excluding hydrogens is 377 g/mol. The molecule has 0 saturated heterocycles. The summed E-state index contributed by atoms with van der Waals surface area (Å²) in [6, 6.07) is 13.9. The smallest absolute Gasteiger partial charge is 0.196 e. The lowest BCUT2D eigenvalue weighted by Crippen LogP contribution is -2.21. The molecule has 1 fully saturated rings. The van der Waals surface area contributed by atoms with Crippen LogP contribution in [0.15, 0.2) is 53.7 Å². The Morgan fingerprint density at radius 2 is 1.89 bits per heavy atom. The van der Waals surface area contributed by atoms with Crippen molar-refractivity contribution >= 4 is 17.5 Å². The second-order valence-electron chi connectivity index (χ2n) is 6.64. The van der Waals surface area contributed by atoms with Crippen molar-refractivity contribution in [3.8, 4) is 22.8 Å². The van der Waals surface area contributed by atoms with Gasteiger partial charge >= 0.3 is 0 Å². The van der Waals surface area contributed by atoms with Gasteiger partial charge in [-0.2, -0.15) is 0 Å². The van der Waals surface area contributed by atoms with Crippen LogP contribution in [0, 0.1) is 5.82 Å². The van der Waals surface area contributed by atoms with Crippen molar-refractivity contribution in [3.63, 3.8) is 0 Å². The van der Waals surface area contributed by atoms with Crippen molar-refractivity contribution in [3.05, 3.63) is 54.3 Å². The number of hydrogen-bond acceptors (Lipinski definition) is 5. The number of aromatic nitrogens is 3. The third-order valence-corrected chi connectivity index (χ3v) is 6.08. The zero-order valence-corrected chi connectivity index (χ0v) is 16.3. The molecule has 1 atom stereocenters. The number of benzene rings is 2. The molecule has 1 aliphatic carbocycles. The number of hydrogen-bond donors (Lipinski definition) is 0. The van der Waals surface area contributed by atoms with Crippen LogP contribution < -0.4 is 4.74 Å². The highest BCUT2D eigenvalue weighted by atomic mass is 32.2. The van der Waals surface area contributed by atoms with Crippen molar-refractivity contribution in [2.24, 2.45) is 0 Å². The van der Waals surface area contributed by atoms with Gasteiger partial charge in [0.05, 0.1) is 18.0 Å². The second kappa shape index (κ2) is 8.14. The number of ether oxygens (including phenoxy) is 1. The summed E-state index contributed by atoms with van der Waals surface area (Å²) in [5.41, 5.74) is 1.16. The number of para-hydroxylation sites is 1. The minimum absolute atomic E-state index is 0.160. The van der Waals surface area contributed by atoms with Crippen LogP contribution in [0.5, 0.6) is 5.75 Å². The lowest BCUT2D eigenvalue weighted by atomic mass is 9.99. The van der Waals surface area contributed by atoms with Crippen LogP contribution in [-0.2, 0) is 4.79 Å². The fraction of sp³-hybridized carbons (Fsp3) is 0.286. The van der Waals surface area contributed by atoms with Gasteiger partial charge in [0.1, 0.15) is 17.3 Å². The molecule has 0 spiro atoms. The van der Waals surface area contributed by atoms with Gasteiger partial charge in [-0.1, -0.05) is 30.3 Å². The van der Waals surface area contributed by atoms with E-state index in [2.05, 4.69) is 10.2 Å². The molecule has 1 heterocycles. The van der Waals surface area contributed by atoms with E-state index in [1.807, 2.05) is 24.3 Å². The van der Waals surface area contributed by atoms with E-state index < -0.39 is 0 Å². The summed E-state index contributed by atoms with van der Waals surface area (Å²) < 4.78 is 21.5. The monoisotopic (exact) mass is 397 g/mol. The van der Waals surface area contributed by atoms with Crippen molar-refractivity contribution in [2.45, 2.75) is 36.1 Å². The summed E-state index contributed by atoms with van der Waals surface area (Å²) in [4.78, 5) is 12.3. The van der Waals surface area contributed by atoms with Crippen molar-refractivity contribution in [2.75, 3.05) is 7.11 Å². The highest BCUT2D eigenvalue weighted by Crippen LogP contribution is 2.35. The van der Waals surface area contributed by atoms with Crippen LogP contribution >= 0.6 is 11.8 Å². The minimum Gasteiger partial charge on any atom is -0.497 e. The number of ketones is 1. The van der Waals surface area contributed by atoms with Crippen LogP contribution in [0.1, 0.15) is 25.7 Å². The summed E-state index contributed by atoms with van der Waals surface area (Å²) >= 11 is 1.37. The van der Waals surface area contributed by atoms with E-state index in [-0.39, 0.29) is 16.9 Å². The lowest BCUT2D eigenvalue weighted by Gasteiger charge is -2.20. The molecule has 0 amide bonds. The van der Waals surface area contributed by atoms with Gasteiger partial charge in [0, 0.05) is 12.0 Å². The standard InChI is InChI=1S/C21H20FN3O2S/c1-27-15-12-10-14(11-13-15)20-23-24-21(28-19-9-5-4-8-18(19)26)25(20)17-7-3-2-6-16(17)22/h2-3,6-7,10-13,19H,4-5,8-9H2,1H3/t19-/m1/s1. The largest absolute Gasteiger partial charge is 0.497 e. The van der Waals surface area contributed by atoms with E-state index in [0.717, 1.165) is 30.6 Å². The molecule has 0 unspecified atom stereocenters. The van der Waals surface area contributed by atoms with Gasteiger partial charge in [-0.05, 0) is 49.2 Å². The molecule has 1 aliphatic rings. The zero-order chi connectivity index (χ0) is 19.5. The molecule has 0 N–H and O–H groups in total. The van der Waals surface area contributed by atoms with E-state index >= 15 is 0 Å². The van der Waals surface area contributed by atoms with Crippen molar-refractivity contribution < 1.29 is 13.9 Å². The first-order valence-electron chi connectivity index (χ1n) is 9.21. The highest BCUT2D eigenvalue weighted by Gasteiger charge is 2.27. The topological polar surface area (TPSA) is 57.0 Å². The number of carbonyl (C=O) groups excluding carboxylic acids is 1. The number of rotatable bonds is 5. The molecule has 4 rings (SSSR count). The molecule has 0 aliphatic heterocycles. The van der Waals surface area contributed by atoms with E-state index in [9.17, 15) is 9.18 Å². The molecule has 5 nitrogen and oxygen atoms in total. The van der Waals surface area contributed by atoms with Crippen LogP contribution in [0.4, 0.5) is 4.39 Å². The molecule has 1 aromatic heterocycles. The Balaban J connectivity index is 1.79. The average Bonchev–Trinajstić information content (AvgIpc) is 3.13. The van der Waals surface area contributed by atoms with Gasteiger partial charge in [-0.25, -0.2) is 4.39 Å². The van der Waals surface area contributed by atoms with Gasteiger partial charge in [-0.15, -0.1) is 10.2 Å². The molecule has 0 radical (unpaired) electrons. The van der Waals surface area contributed by atoms with Crippen molar-refractivity contribution in [1.29, 1.82) is 0 Å². The van der Waals surface area contributed by atoms with E-state index in [1.54, 1.807) is 29.9 Å². The predicted octanol–water partition coefficient (Wildman–Crippen LogP) is 4.69. The van der Waals surface area contributed by atoms with Gasteiger partial charge in [0.25, 0.3) is 0 Å². The summed E-state index contributed by atoms with van der Waals surface area (Å²) in [5, 5.41) is 8.99. The SMILES string of the molecule is COc1ccc(-c2nnc(S[C@@H]3CCCCC3=O)n2-c2ccccc2F)cc1. The summed E-state index contributed by atoms with van der Waals surface area (Å²) in [5.74, 6) is 1.11. The number of carbonyl (C=O) groups is 1. The number of nitrogens with zero attached hydrogens (tertiary/aromatic N) is 3. The first-order chi connectivity index (χ1) is 13.7. The van der Waals surface area contributed by atoms with E-state index in [4.69, 9.17) is 4.74 Å². The maximum Gasteiger partial charge on any atom is 0.196 e. The average molecular weight is 397 g/mol. The van der Waals surface area contributed by atoms with Gasteiger partial charge < -0.3 is 4.74 Å². The maximum absolute atomic E-state index is 14.6. The van der Waals surface area contributed by atoms with Crippen molar-refractivity contribution in [1.82, 2.24) is 14.8 Å². The molecule has 7 heteroatoms. The number of halogens is 1. The molecule has 144 valence electrons. The Bertz CT molecular complexity index is 988. The molecule has 1 saturated carbocycles. The van der Waals surface area contributed by atoms with Crippen LogP contribution in [0.25, 0.3) is 17.1 Å². The maximum atomic E-state index is 14.6. The van der Waals surface area contributed by atoms with E-state index in [1.165, 1.54) is 17.8 Å². The molecular formula is C21H20FN3O2S. The third-order valence-electron chi connectivity index (χ3n) is 4.82. The first-order valence-corrected chi connectivity index (χ1v) is 10.1. The predicted molar refractivity (Wildman–Crippen MR) is 106 cm³/mol. The second-order valence-corrected chi connectivity index (χ2v) is 7.81. The lowest BCUT2D eigenvalue weighted by molar-refractivity contribution is -0.119. The zero-order valence-electron chi connectivity index (χ0n) is 15.5. The fourth-order valence-electron chi connectivity index (χ4n) is 3.33. The fourth-order valence-corrected chi connectivity index (χ4v) is 4.49. The Hall–Kier alpha value is -2.67. The molecule has 2 aromatic carbocycles. The van der Waals surface area contributed by atoms with Gasteiger partial charge in [-0.3, -0.25) is 9.36 Å². The quantitative estimate of drug-likeness (QED) is 0.625. The Kier molecular flexibility index (Phi) is 5.43. The highest BCUT2D eigenvalue weighted by molar-refractivity contribution is 8.00. The van der Waals surface area contributed by atoms with Gasteiger partial charge in [0.15, 0.2) is 11.0 Å².